The number of ketones is 1. The first kappa shape index (κ1) is 104. The summed E-state index contributed by atoms with van der Waals surface area (Å²) in [6.45, 7) is 8.04. The van der Waals surface area contributed by atoms with E-state index in [-0.39, 0.29) is 70.0 Å². The van der Waals surface area contributed by atoms with Crippen LogP contribution in [0, 0.1) is 21.4 Å². The number of aldehydes is 1. The Morgan fingerprint density at radius 3 is 1.58 bits per heavy atom. The van der Waals surface area contributed by atoms with Crippen molar-refractivity contribution in [2.45, 2.75) is 34.1 Å². The summed E-state index contributed by atoms with van der Waals surface area (Å²) in [6.07, 6.45) is 14.0. The fraction of sp³-hybridized carbons (Fsp3) is 0.256. The molecule has 132 heavy (non-hydrogen) atoms. The van der Waals surface area contributed by atoms with Gasteiger partial charge >= 0.3 is 23.9 Å². The number of hydrazone groups is 2. The number of thiophene rings is 1. The van der Waals surface area contributed by atoms with Crippen LogP contribution in [0.4, 0.5) is 62.5 Å². The summed E-state index contributed by atoms with van der Waals surface area (Å²) in [5.74, 6) is 2.72. The maximum Gasteiger partial charge on any atom is 0.350 e. The van der Waals surface area contributed by atoms with Crippen LogP contribution in [-0.4, -0.2) is 203 Å². The Morgan fingerprint density at radius 1 is 0.591 bits per heavy atom. The molecule has 0 radical (unpaired) electrons. The zero-order valence-corrected chi connectivity index (χ0v) is 78.8. The van der Waals surface area contributed by atoms with Crippen molar-refractivity contribution in [2.24, 2.45) is 45.4 Å². The lowest BCUT2D eigenvalue weighted by Gasteiger charge is -2.23. The maximum atomic E-state index is 13.2. The van der Waals surface area contributed by atoms with Gasteiger partial charge in [-0.05, 0) is 183 Å². The molecule has 1 amide bonds. The molecule has 0 fully saturated rings. The molecule has 0 saturated carbocycles. The number of nitro groups is 1. The molecule has 0 atom stereocenters. The Hall–Kier alpha value is -15.4. The number of ether oxygens (including phenoxy) is 7. The van der Waals surface area contributed by atoms with E-state index in [0.717, 1.165) is 62.3 Å². The zero-order chi connectivity index (χ0) is 97.0. The van der Waals surface area contributed by atoms with Crippen LogP contribution in [0.15, 0.2) is 198 Å². The van der Waals surface area contributed by atoms with Gasteiger partial charge in [0.2, 0.25) is 0 Å². The number of benzene rings is 6. The molecule has 38 nitrogen and oxygen atoms in total. The molecule has 6 aromatic carbocycles. The Kier molecular flexibility index (Phi) is 40.0. The first-order chi connectivity index (χ1) is 63.1. The second kappa shape index (κ2) is 51.0. The van der Waals surface area contributed by atoms with E-state index in [2.05, 4.69) is 46.4 Å². The number of Topliss-reactive ketones (excluding diaryl/α,β-unsaturated/α-hetero) is 1. The normalized spacial score (nSPS) is 11.4. The van der Waals surface area contributed by atoms with E-state index in [1.807, 2.05) is 140 Å². The summed E-state index contributed by atoms with van der Waals surface area (Å²) in [7, 11) is 24.1. The van der Waals surface area contributed by atoms with Gasteiger partial charge in [-0.2, -0.15) is 41.0 Å². The predicted molar refractivity (Wildman–Crippen MR) is 509 cm³/mol. The SMILES string of the molecule is CCOC(=O)/C(C#N)=C/N(C)/N=C/c1ccc(OC)cc1.CCOC(=O)c1cn(C)nc1N.CCOC(=O)c1cn(C)nc1N(C)c1ccc(Cl)cc1[N+](=O)[O-].CCOC(=O)c1cn(C)nc1NC.CN/N=C/c1ccc(OC)cc1.CN1c2ccc(Cl)cc2CC(=O)c2cn(C)nc21.CN1c2ccc(Cl)cc2N(c2cccs2)C(=O)c2cn(C)nc21.COc1ccc(C=O)cc1. The largest absolute Gasteiger partial charge is 0.497 e. The van der Waals surface area contributed by atoms with E-state index in [9.17, 15) is 43.7 Å². The smallest absolute Gasteiger partial charge is 0.350 e. The number of nitro benzene ring substituents is 1. The Balaban J connectivity index is 0.000000210. The zero-order valence-electron chi connectivity index (χ0n) is 75.7. The lowest BCUT2D eigenvalue weighted by molar-refractivity contribution is -0.384. The van der Waals surface area contributed by atoms with Crippen molar-refractivity contribution in [3.63, 3.8) is 0 Å². The van der Waals surface area contributed by atoms with Crippen molar-refractivity contribution in [2.75, 3.05) is 121 Å². The van der Waals surface area contributed by atoms with Crippen LogP contribution in [0.5, 0.6) is 17.2 Å². The van der Waals surface area contributed by atoms with E-state index in [1.165, 1.54) is 67.4 Å². The van der Waals surface area contributed by atoms with Gasteiger partial charge in [0.25, 0.3) is 11.6 Å². The number of rotatable bonds is 22. The second-order valence-corrected chi connectivity index (χ2v) is 29.7. The van der Waals surface area contributed by atoms with Gasteiger partial charge < -0.3 is 64.3 Å². The molecule has 2 aliphatic rings. The highest BCUT2D eigenvalue weighted by Crippen LogP contribution is 2.45. The number of amides is 1. The lowest BCUT2D eigenvalue weighted by atomic mass is 10.1. The third-order valence-electron chi connectivity index (χ3n) is 18.2. The Bertz CT molecular complexity index is 6070. The van der Waals surface area contributed by atoms with E-state index in [0.29, 0.717) is 75.0 Å². The number of carbonyl (C=O) groups is 7. The summed E-state index contributed by atoms with van der Waals surface area (Å²) < 4.78 is 42.1. The van der Waals surface area contributed by atoms with E-state index in [4.69, 9.17) is 79.0 Å². The monoisotopic (exact) mass is 1880 g/mol. The minimum absolute atomic E-state index is 0.0750. The van der Waals surface area contributed by atoms with E-state index in [1.54, 1.807) is 179 Å². The first-order valence-corrected chi connectivity index (χ1v) is 42.1. The minimum atomic E-state index is -0.661. The van der Waals surface area contributed by atoms with Crippen LogP contribution in [0.3, 0.4) is 0 Å². The van der Waals surface area contributed by atoms with Crippen LogP contribution in [0.1, 0.15) is 107 Å². The summed E-state index contributed by atoms with van der Waals surface area (Å²) >= 11 is 19.5. The Morgan fingerprint density at radius 2 is 1.07 bits per heavy atom. The molecule has 8 heterocycles. The molecule has 4 N–H and O–H groups in total. The van der Waals surface area contributed by atoms with Gasteiger partial charge in [0.05, 0.1) is 82.0 Å². The molecule has 14 rings (SSSR count). The highest BCUT2D eigenvalue weighted by atomic mass is 35.5. The van der Waals surface area contributed by atoms with Crippen molar-refractivity contribution >= 4 is 163 Å². The van der Waals surface area contributed by atoms with Crippen LogP contribution in [-0.2, 0) is 65.4 Å². The predicted octanol–water partition coefficient (Wildman–Crippen LogP) is 15.2. The molecular weight excluding hydrogens is 1780 g/mol. The molecule has 42 heteroatoms. The fourth-order valence-electron chi connectivity index (χ4n) is 12.1. The van der Waals surface area contributed by atoms with Crippen LogP contribution in [0.2, 0.25) is 15.1 Å². The van der Waals surface area contributed by atoms with Gasteiger partial charge in [-0.3, -0.25) is 57.8 Å². The molecule has 0 saturated heterocycles. The summed E-state index contributed by atoms with van der Waals surface area (Å²) in [5, 5.41) is 57.5. The van der Waals surface area contributed by atoms with E-state index < -0.39 is 22.8 Å². The number of esters is 4. The third-order valence-corrected chi connectivity index (χ3v) is 19.7. The number of carbonyl (C=O) groups excluding carboxylic acids is 7. The molecule has 0 bridgehead atoms. The second-order valence-electron chi connectivity index (χ2n) is 27.5. The summed E-state index contributed by atoms with van der Waals surface area (Å²) in [5.41, 5.74) is 16.5. The van der Waals surface area contributed by atoms with Crippen molar-refractivity contribution in [1.29, 1.82) is 5.26 Å². The summed E-state index contributed by atoms with van der Waals surface area (Å²) in [6, 6.07) is 43.0. The quantitative estimate of drug-likeness (QED) is 0.00829. The van der Waals surface area contributed by atoms with Crippen LogP contribution in [0.25, 0.3) is 0 Å². The van der Waals surface area contributed by atoms with E-state index >= 15 is 0 Å². The number of aromatic nitrogens is 10. The highest BCUT2D eigenvalue weighted by Gasteiger charge is 2.35. The van der Waals surface area contributed by atoms with Gasteiger partial charge in [-0.1, -0.05) is 34.8 Å². The van der Waals surface area contributed by atoms with Gasteiger partial charge in [0.1, 0.15) is 62.5 Å². The number of nitrogens with two attached hydrogens (primary N) is 1. The average molecular weight is 1890 g/mol. The number of anilines is 10. The van der Waals surface area contributed by atoms with Gasteiger partial charge in [0.15, 0.2) is 40.4 Å². The lowest BCUT2D eigenvalue weighted by Crippen LogP contribution is -2.24. The standard InChI is InChI=1S/C16H13ClN4OS.C15H17N3O3.C14H15ClN4O4.C13H12ClN3O.C9H12N2O.C8H13N3O2.C8H8O2.C7H11N3O2/c1-19-9-11-15(18-19)20(2)12-6-5-10(17)8-13(12)21(16(11)22)14-4-3-7-23-14;1-4-21-15(19)13(9-16)11-18(2)17-10-12-5-7-14(20-3)8-6-12;1-4-23-14(20)10-8-17(2)16-13(10)18(3)11-6-5-9(15)7-12(11)19(21)22;1-16-7-10-12(18)6-8-5-9(14)3-4-11(8)17(2)13(10)15-16;1-10-11-7-8-3-5-9(12-2)6-4-8;1-4-13-8(12)6-5-11(3)10-7(6)9-2;1-10-8-4-2-7(6-9)3-5-8;1-3-12-7(11)5-4-10(2)9-6(5)8/h3-9H,1-2H3;5-8,10-11H,4H2,1-3H3;5-8H,4H2,1-3H3;3-5,7H,6H2,1-2H3;3-7,10H,1-2H3;5H,4H2,1-3H3,(H,9,10);2-6H,1H3;4H,3H2,1-2H3,(H2,8,9)/b;13-11+,17-10+;;;11-7+;;;. The number of nitriles is 1. The number of fused-ring (bicyclic) bond motifs is 4. The van der Waals surface area contributed by atoms with Gasteiger partial charge in [-0.25, -0.2) is 19.2 Å². The van der Waals surface area contributed by atoms with Crippen molar-refractivity contribution in [3.05, 3.63) is 263 Å². The van der Waals surface area contributed by atoms with Crippen molar-refractivity contribution < 1.29 is 71.6 Å². The van der Waals surface area contributed by atoms with Crippen molar-refractivity contribution in [3.8, 4) is 23.3 Å². The molecule has 6 aromatic heterocycles. The minimum Gasteiger partial charge on any atom is -0.497 e. The highest BCUT2D eigenvalue weighted by molar-refractivity contribution is 7.14. The van der Waals surface area contributed by atoms with Gasteiger partial charge in [0, 0.05) is 154 Å². The molecule has 2 aliphatic heterocycles. The number of nitrogen functional groups attached to an aromatic ring is 1. The molecule has 0 aliphatic carbocycles. The molecule has 12 aromatic rings. The molecule has 0 unspecified atom stereocenters. The average Bonchev–Trinajstić information content (AvgIpc) is 1.59. The first-order valence-electron chi connectivity index (χ1n) is 40.0. The Labute approximate surface area is 781 Å². The van der Waals surface area contributed by atoms with Gasteiger partial charge in [-0.15, -0.1) is 11.3 Å². The summed E-state index contributed by atoms with van der Waals surface area (Å²) in [4.78, 5) is 99.2. The van der Waals surface area contributed by atoms with Crippen LogP contribution < -0.4 is 50.3 Å². The van der Waals surface area contributed by atoms with Crippen LogP contribution >= 0.6 is 46.1 Å². The number of aryl methyl sites for hydroxylation is 5. The number of halogens is 3. The number of nitrogens with zero attached hydrogens (tertiary/aromatic N) is 19. The molecule has 0 spiro atoms. The number of methoxy groups -OCH3 is 3. The van der Waals surface area contributed by atoms with Crippen molar-refractivity contribution in [1.82, 2.24) is 59.3 Å². The number of hydrogen-bond donors (Lipinski definition) is 3. The number of nitrogens with one attached hydrogen (secondary N) is 2. The fourth-order valence-corrected chi connectivity index (χ4v) is 13.3. The number of hydrogen-bond acceptors (Lipinski definition) is 32. The maximum absolute atomic E-state index is 13.2. The molecular formula is C90H101Cl3N22O16S. The topological polar surface area (TPSA) is 431 Å². The third kappa shape index (κ3) is 29.1. The molecule has 694 valence electrons.